The molecule has 0 saturated carbocycles. The number of carbonyl (C=O) groups excluding carboxylic acids is 1. The van der Waals surface area contributed by atoms with Gasteiger partial charge < -0.3 is 10.6 Å². The summed E-state index contributed by atoms with van der Waals surface area (Å²) in [5, 5.41) is 6.45. The summed E-state index contributed by atoms with van der Waals surface area (Å²) in [5.74, 6) is 0.0584. The Morgan fingerprint density at radius 2 is 2.00 bits per heavy atom. The molecule has 1 rings (SSSR count). The molecule has 23 heavy (non-hydrogen) atoms. The molecule has 2 N–H and O–H groups in total. The van der Waals surface area contributed by atoms with Gasteiger partial charge in [-0.15, -0.1) is 0 Å². The van der Waals surface area contributed by atoms with Crippen LogP contribution < -0.4 is 10.6 Å². The molecule has 2 atom stereocenters. The first kappa shape index (κ1) is 19.8. The van der Waals surface area contributed by atoms with Crippen LogP contribution in [0, 0.1) is 0 Å². The molecule has 1 aliphatic rings. The van der Waals surface area contributed by atoms with Crippen LogP contribution in [0.15, 0.2) is 24.6 Å². The molecule has 0 radical (unpaired) electrons. The van der Waals surface area contributed by atoms with Gasteiger partial charge in [-0.1, -0.05) is 31.9 Å². The molecule has 132 valence electrons. The van der Waals surface area contributed by atoms with E-state index in [1.807, 2.05) is 0 Å². The maximum atomic E-state index is 11.1. The molecular weight excluding hydrogens is 286 g/mol. The first-order chi connectivity index (χ1) is 11.1. The fourth-order valence-electron chi connectivity index (χ4n) is 3.23. The molecule has 0 bridgehead atoms. The van der Waals surface area contributed by atoms with E-state index in [1.54, 1.807) is 6.92 Å². The molecule has 4 heteroatoms. The second-order valence-electron chi connectivity index (χ2n) is 6.52. The molecule has 0 aromatic rings. The molecule has 1 aliphatic heterocycles. The quantitative estimate of drug-likeness (QED) is 0.327. The SMILES string of the molecule is CCC/C=C/CCCCCC1NC=C[N+]1(CC)CCNC(C)=O. The van der Waals surface area contributed by atoms with Crippen LogP contribution in [-0.4, -0.2) is 36.2 Å². The molecule has 0 aliphatic carbocycles. The van der Waals surface area contributed by atoms with Gasteiger partial charge in [0.2, 0.25) is 5.91 Å². The van der Waals surface area contributed by atoms with E-state index in [9.17, 15) is 4.79 Å². The Balaban J connectivity index is 2.27. The lowest BCUT2D eigenvalue weighted by Gasteiger charge is -2.37. The smallest absolute Gasteiger partial charge is 0.217 e. The second-order valence-corrected chi connectivity index (χ2v) is 6.52. The number of hydrogen-bond acceptors (Lipinski definition) is 2. The van der Waals surface area contributed by atoms with Gasteiger partial charge in [-0.05, 0) is 32.6 Å². The molecule has 0 saturated heterocycles. The molecule has 1 heterocycles. The summed E-state index contributed by atoms with van der Waals surface area (Å²) in [4.78, 5) is 11.1. The molecule has 0 aromatic heterocycles. The molecular formula is C19H36N3O+. The van der Waals surface area contributed by atoms with Crippen LogP contribution in [0.25, 0.3) is 0 Å². The Hall–Kier alpha value is -1.29. The Bertz CT molecular complexity index is 392. The van der Waals surface area contributed by atoms with E-state index in [-0.39, 0.29) is 5.91 Å². The van der Waals surface area contributed by atoms with Crippen molar-refractivity contribution >= 4 is 5.91 Å². The number of nitrogens with zero attached hydrogens (tertiary/aromatic N) is 1. The summed E-state index contributed by atoms with van der Waals surface area (Å²) < 4.78 is 0.941. The molecule has 0 aromatic carbocycles. The van der Waals surface area contributed by atoms with E-state index in [1.165, 1.54) is 44.9 Å². The number of allylic oxidation sites excluding steroid dienone is 2. The third-order valence-corrected chi connectivity index (χ3v) is 4.74. The highest BCUT2D eigenvalue weighted by Crippen LogP contribution is 2.22. The molecule has 2 unspecified atom stereocenters. The van der Waals surface area contributed by atoms with Crippen molar-refractivity contribution in [3.8, 4) is 0 Å². The van der Waals surface area contributed by atoms with Gasteiger partial charge in [0.15, 0.2) is 6.17 Å². The topological polar surface area (TPSA) is 41.1 Å². The largest absolute Gasteiger partial charge is 0.351 e. The van der Waals surface area contributed by atoms with Crippen molar-refractivity contribution in [2.45, 2.75) is 71.9 Å². The number of unbranched alkanes of at least 4 members (excludes halogenated alkanes) is 4. The number of amides is 1. The van der Waals surface area contributed by atoms with Crippen LogP contribution in [0.5, 0.6) is 0 Å². The summed E-state index contributed by atoms with van der Waals surface area (Å²) in [6, 6.07) is 0. The van der Waals surface area contributed by atoms with E-state index < -0.39 is 0 Å². The van der Waals surface area contributed by atoms with E-state index in [0.29, 0.717) is 6.17 Å². The average Bonchev–Trinajstić information content (AvgIpc) is 2.93. The number of quaternary nitrogens is 1. The minimum Gasteiger partial charge on any atom is -0.351 e. The van der Waals surface area contributed by atoms with Gasteiger partial charge in [-0.25, -0.2) is 0 Å². The van der Waals surface area contributed by atoms with Gasteiger partial charge >= 0.3 is 0 Å². The summed E-state index contributed by atoms with van der Waals surface area (Å²) in [5.41, 5.74) is 0. The van der Waals surface area contributed by atoms with Crippen molar-refractivity contribution in [1.29, 1.82) is 0 Å². The van der Waals surface area contributed by atoms with E-state index in [4.69, 9.17) is 0 Å². The molecule has 4 nitrogen and oxygen atoms in total. The van der Waals surface area contributed by atoms with Crippen LogP contribution in [0.2, 0.25) is 0 Å². The third-order valence-electron chi connectivity index (χ3n) is 4.74. The lowest BCUT2D eigenvalue weighted by atomic mass is 10.1. The zero-order valence-electron chi connectivity index (χ0n) is 15.3. The Morgan fingerprint density at radius 3 is 2.70 bits per heavy atom. The van der Waals surface area contributed by atoms with Crippen LogP contribution in [0.4, 0.5) is 0 Å². The first-order valence-electron chi connectivity index (χ1n) is 9.34. The Labute approximate surface area is 142 Å². The summed E-state index contributed by atoms with van der Waals surface area (Å²) >= 11 is 0. The summed E-state index contributed by atoms with van der Waals surface area (Å²) in [6.07, 6.45) is 18.2. The van der Waals surface area contributed by atoms with Crippen molar-refractivity contribution in [1.82, 2.24) is 10.6 Å². The molecule has 0 fully saturated rings. The van der Waals surface area contributed by atoms with Crippen LogP contribution >= 0.6 is 0 Å². The zero-order chi connectivity index (χ0) is 17.0. The standard InChI is InChI=1S/C19H35N3O/c1-4-6-7-8-9-10-11-12-13-19-21-15-17-22(19,5-2)16-14-20-18(3)23/h7-8,15,17,19,21H,4-6,9-14,16H2,1-3H3/p+1/b8-7+. The van der Waals surface area contributed by atoms with Crippen molar-refractivity contribution in [2.24, 2.45) is 0 Å². The Kier molecular flexibility index (Phi) is 9.69. The van der Waals surface area contributed by atoms with E-state index in [0.717, 1.165) is 24.1 Å². The highest BCUT2D eigenvalue weighted by Gasteiger charge is 2.36. The monoisotopic (exact) mass is 322 g/mol. The zero-order valence-corrected chi connectivity index (χ0v) is 15.3. The normalized spacial score (nSPS) is 23.3. The van der Waals surface area contributed by atoms with Gasteiger partial charge in [-0.2, -0.15) is 0 Å². The van der Waals surface area contributed by atoms with E-state index in [2.05, 4.69) is 49.0 Å². The van der Waals surface area contributed by atoms with E-state index >= 15 is 0 Å². The van der Waals surface area contributed by atoms with Gasteiger partial charge in [0.1, 0.15) is 12.7 Å². The number of rotatable bonds is 12. The minimum atomic E-state index is 0.0584. The van der Waals surface area contributed by atoms with Crippen LogP contribution in [0.1, 0.15) is 65.7 Å². The van der Waals surface area contributed by atoms with Gasteiger partial charge in [-0.3, -0.25) is 9.28 Å². The van der Waals surface area contributed by atoms with Gasteiger partial charge in [0, 0.05) is 13.3 Å². The summed E-state index contributed by atoms with van der Waals surface area (Å²) in [6.45, 7) is 8.81. The maximum Gasteiger partial charge on any atom is 0.217 e. The fourth-order valence-corrected chi connectivity index (χ4v) is 3.23. The molecule has 0 spiro atoms. The highest BCUT2D eigenvalue weighted by molar-refractivity contribution is 5.72. The van der Waals surface area contributed by atoms with Crippen LogP contribution in [0.3, 0.4) is 0 Å². The predicted octanol–water partition coefficient (Wildman–Crippen LogP) is 3.67. The fraction of sp³-hybridized carbons (Fsp3) is 0.737. The van der Waals surface area contributed by atoms with Crippen LogP contribution in [-0.2, 0) is 4.79 Å². The highest BCUT2D eigenvalue weighted by atomic mass is 16.1. The van der Waals surface area contributed by atoms with Crippen molar-refractivity contribution < 1.29 is 9.28 Å². The minimum absolute atomic E-state index is 0.0584. The maximum absolute atomic E-state index is 11.1. The van der Waals surface area contributed by atoms with Crippen molar-refractivity contribution in [3.63, 3.8) is 0 Å². The summed E-state index contributed by atoms with van der Waals surface area (Å²) in [7, 11) is 0. The van der Waals surface area contributed by atoms with Gasteiger partial charge in [0.25, 0.3) is 0 Å². The number of carbonyl (C=O) groups is 1. The lowest BCUT2D eigenvalue weighted by Crippen LogP contribution is -2.55. The van der Waals surface area contributed by atoms with Crippen molar-refractivity contribution in [3.05, 3.63) is 24.6 Å². The number of likely N-dealkylation sites (N-methyl/N-ethyl adjacent to an activating group) is 1. The number of hydrogen-bond donors (Lipinski definition) is 2. The van der Waals surface area contributed by atoms with Crippen molar-refractivity contribution in [2.75, 3.05) is 19.6 Å². The average molecular weight is 323 g/mol. The Morgan fingerprint density at radius 1 is 1.22 bits per heavy atom. The third kappa shape index (κ3) is 7.21. The van der Waals surface area contributed by atoms with Gasteiger partial charge in [0.05, 0.1) is 19.3 Å². The number of nitrogens with one attached hydrogen (secondary N) is 2. The second kappa shape index (κ2) is 11.3. The first-order valence-corrected chi connectivity index (χ1v) is 9.34. The molecule has 1 amide bonds. The lowest BCUT2D eigenvalue weighted by molar-refractivity contribution is -0.898. The predicted molar refractivity (Wildman–Crippen MR) is 97.5 cm³/mol.